The molecule has 0 aliphatic rings. The first-order valence-corrected chi connectivity index (χ1v) is 7.04. The van der Waals surface area contributed by atoms with E-state index in [1.807, 2.05) is 18.0 Å². The quantitative estimate of drug-likeness (QED) is 0.767. The van der Waals surface area contributed by atoms with Crippen LogP contribution < -0.4 is 5.73 Å². The van der Waals surface area contributed by atoms with Gasteiger partial charge in [-0.2, -0.15) is 0 Å². The van der Waals surface area contributed by atoms with Gasteiger partial charge in [-0.15, -0.1) is 0 Å². The Labute approximate surface area is 116 Å². The van der Waals surface area contributed by atoms with E-state index in [9.17, 15) is 4.79 Å². The predicted octanol–water partition coefficient (Wildman–Crippen LogP) is 2.43. The van der Waals surface area contributed by atoms with Crippen LogP contribution in [0.15, 0.2) is 18.2 Å². The van der Waals surface area contributed by atoms with E-state index >= 15 is 0 Å². The summed E-state index contributed by atoms with van der Waals surface area (Å²) < 4.78 is 0. The van der Waals surface area contributed by atoms with Crippen LogP contribution in [0.4, 0.5) is 0 Å². The molecule has 1 aromatic rings. The van der Waals surface area contributed by atoms with Crippen molar-refractivity contribution >= 4 is 5.91 Å². The second kappa shape index (κ2) is 7.95. The van der Waals surface area contributed by atoms with Crippen LogP contribution in [0.1, 0.15) is 36.0 Å². The Morgan fingerprint density at radius 1 is 1.16 bits per heavy atom. The summed E-state index contributed by atoms with van der Waals surface area (Å²) in [5.41, 5.74) is 9.07. The zero-order valence-electron chi connectivity index (χ0n) is 12.4. The van der Waals surface area contributed by atoms with Gasteiger partial charge in [-0.25, -0.2) is 0 Å². The third-order valence-electron chi connectivity index (χ3n) is 3.55. The highest BCUT2D eigenvalue weighted by Gasteiger charge is 2.09. The van der Waals surface area contributed by atoms with Crippen LogP contribution >= 0.6 is 0 Å². The van der Waals surface area contributed by atoms with Gasteiger partial charge in [0.1, 0.15) is 0 Å². The zero-order chi connectivity index (χ0) is 14.3. The number of nitrogens with two attached hydrogens (primary N) is 1. The molecule has 0 aliphatic carbocycles. The summed E-state index contributed by atoms with van der Waals surface area (Å²) >= 11 is 0. The van der Waals surface area contributed by atoms with Gasteiger partial charge in [0.15, 0.2) is 0 Å². The van der Waals surface area contributed by atoms with Crippen LogP contribution in [0.2, 0.25) is 0 Å². The van der Waals surface area contributed by atoms with Gasteiger partial charge < -0.3 is 10.6 Å². The molecule has 19 heavy (non-hydrogen) atoms. The first kappa shape index (κ1) is 15.7. The molecule has 0 atom stereocenters. The van der Waals surface area contributed by atoms with Crippen LogP contribution in [0.5, 0.6) is 0 Å². The van der Waals surface area contributed by atoms with Gasteiger partial charge in [0, 0.05) is 13.6 Å². The highest BCUT2D eigenvalue weighted by Crippen LogP contribution is 2.11. The normalized spacial score (nSPS) is 10.5. The molecule has 0 aromatic heterocycles. The molecule has 0 unspecified atom stereocenters. The Kier molecular flexibility index (Phi) is 6.57. The summed E-state index contributed by atoms with van der Waals surface area (Å²) in [6, 6.07) is 6.23. The van der Waals surface area contributed by atoms with Gasteiger partial charge in [-0.3, -0.25) is 4.79 Å². The van der Waals surface area contributed by atoms with Gasteiger partial charge in [0.2, 0.25) is 5.91 Å². The summed E-state index contributed by atoms with van der Waals surface area (Å²) in [5, 5.41) is 0. The minimum Gasteiger partial charge on any atom is -0.345 e. The molecule has 0 radical (unpaired) electrons. The maximum absolute atomic E-state index is 12.1. The smallest absolute Gasteiger partial charge is 0.226 e. The van der Waals surface area contributed by atoms with E-state index < -0.39 is 0 Å². The van der Waals surface area contributed by atoms with Crippen LogP contribution in [0.25, 0.3) is 0 Å². The molecule has 0 bridgehead atoms. The largest absolute Gasteiger partial charge is 0.345 e. The number of unbranched alkanes of at least 4 members (excludes halogenated alkanes) is 2. The molecule has 1 amide bonds. The second-order valence-electron chi connectivity index (χ2n) is 5.26. The average molecular weight is 262 g/mol. The topological polar surface area (TPSA) is 46.3 Å². The molecule has 3 heteroatoms. The molecule has 0 aliphatic heterocycles. The standard InChI is InChI=1S/C16H26N2O/c1-13-7-8-15(11-14(13)2)12-16(19)18(3)10-6-4-5-9-17/h7-8,11H,4-6,9-10,12,17H2,1-3H3. The maximum atomic E-state index is 12.1. The molecule has 0 saturated heterocycles. The Bertz CT molecular complexity index is 415. The van der Waals surface area contributed by atoms with Gasteiger partial charge in [-0.1, -0.05) is 24.6 Å². The van der Waals surface area contributed by atoms with E-state index in [0.29, 0.717) is 6.42 Å². The first-order valence-electron chi connectivity index (χ1n) is 7.04. The van der Waals surface area contributed by atoms with Crippen molar-refractivity contribution in [1.82, 2.24) is 4.90 Å². The van der Waals surface area contributed by atoms with Crippen molar-refractivity contribution in [2.75, 3.05) is 20.1 Å². The highest BCUT2D eigenvalue weighted by atomic mass is 16.2. The van der Waals surface area contributed by atoms with Crippen molar-refractivity contribution in [1.29, 1.82) is 0 Å². The fourth-order valence-corrected chi connectivity index (χ4v) is 2.02. The lowest BCUT2D eigenvalue weighted by atomic mass is 10.0. The number of rotatable bonds is 7. The predicted molar refractivity (Wildman–Crippen MR) is 80.2 cm³/mol. The number of carbonyl (C=O) groups excluding carboxylic acids is 1. The molecule has 3 nitrogen and oxygen atoms in total. The number of likely N-dealkylation sites (N-methyl/N-ethyl adjacent to an activating group) is 1. The number of carbonyl (C=O) groups is 1. The molecule has 2 N–H and O–H groups in total. The molecular formula is C16H26N2O. The van der Waals surface area contributed by atoms with Gasteiger partial charge >= 0.3 is 0 Å². The first-order chi connectivity index (χ1) is 9.04. The van der Waals surface area contributed by atoms with Crippen LogP contribution in [-0.4, -0.2) is 30.9 Å². The molecule has 1 aromatic carbocycles. The molecule has 106 valence electrons. The number of benzene rings is 1. The monoisotopic (exact) mass is 262 g/mol. The Balaban J connectivity index is 2.42. The van der Waals surface area contributed by atoms with Crippen molar-refractivity contribution in [3.05, 3.63) is 34.9 Å². The average Bonchev–Trinajstić information content (AvgIpc) is 2.38. The molecule has 0 fully saturated rings. The lowest BCUT2D eigenvalue weighted by Gasteiger charge is -2.17. The van der Waals surface area contributed by atoms with Crippen molar-refractivity contribution in [3.8, 4) is 0 Å². The van der Waals surface area contributed by atoms with Crippen molar-refractivity contribution < 1.29 is 4.79 Å². The van der Waals surface area contributed by atoms with E-state index in [0.717, 1.165) is 37.9 Å². The van der Waals surface area contributed by atoms with E-state index in [1.165, 1.54) is 11.1 Å². The van der Waals surface area contributed by atoms with Crippen molar-refractivity contribution in [2.24, 2.45) is 5.73 Å². The third-order valence-corrected chi connectivity index (χ3v) is 3.55. The lowest BCUT2D eigenvalue weighted by molar-refractivity contribution is -0.129. The Hall–Kier alpha value is -1.35. The lowest BCUT2D eigenvalue weighted by Crippen LogP contribution is -2.29. The number of hydrogen-bond donors (Lipinski definition) is 1. The van der Waals surface area contributed by atoms with E-state index in [-0.39, 0.29) is 5.91 Å². The molecule has 0 heterocycles. The van der Waals surface area contributed by atoms with Gasteiger partial charge in [0.25, 0.3) is 0 Å². The summed E-state index contributed by atoms with van der Waals surface area (Å²) in [6.45, 7) is 5.73. The van der Waals surface area contributed by atoms with Crippen LogP contribution in [-0.2, 0) is 11.2 Å². The number of amides is 1. The summed E-state index contributed by atoms with van der Waals surface area (Å²) in [6.07, 6.45) is 3.66. The fraction of sp³-hybridized carbons (Fsp3) is 0.562. The van der Waals surface area contributed by atoms with Gasteiger partial charge in [0.05, 0.1) is 6.42 Å². The van der Waals surface area contributed by atoms with Crippen LogP contribution in [0, 0.1) is 13.8 Å². The fourth-order valence-electron chi connectivity index (χ4n) is 2.02. The van der Waals surface area contributed by atoms with Gasteiger partial charge in [-0.05, 0) is 49.9 Å². The van der Waals surface area contributed by atoms with Crippen molar-refractivity contribution in [2.45, 2.75) is 39.5 Å². The zero-order valence-corrected chi connectivity index (χ0v) is 12.4. The minimum absolute atomic E-state index is 0.191. The third kappa shape index (κ3) is 5.43. The summed E-state index contributed by atoms with van der Waals surface area (Å²) in [7, 11) is 1.88. The molecule has 0 saturated carbocycles. The number of aryl methyl sites for hydroxylation is 2. The number of nitrogens with zero attached hydrogens (tertiary/aromatic N) is 1. The minimum atomic E-state index is 0.191. The van der Waals surface area contributed by atoms with E-state index in [4.69, 9.17) is 5.73 Å². The maximum Gasteiger partial charge on any atom is 0.226 e. The Morgan fingerprint density at radius 2 is 1.89 bits per heavy atom. The SMILES string of the molecule is Cc1ccc(CC(=O)N(C)CCCCCN)cc1C. The molecule has 0 spiro atoms. The summed E-state index contributed by atoms with van der Waals surface area (Å²) in [4.78, 5) is 13.9. The molecule has 1 rings (SSSR count). The summed E-state index contributed by atoms with van der Waals surface area (Å²) in [5.74, 6) is 0.191. The molecular weight excluding hydrogens is 236 g/mol. The van der Waals surface area contributed by atoms with Crippen LogP contribution in [0.3, 0.4) is 0 Å². The highest BCUT2D eigenvalue weighted by molar-refractivity contribution is 5.78. The second-order valence-corrected chi connectivity index (χ2v) is 5.26. The number of hydrogen-bond acceptors (Lipinski definition) is 2. The van der Waals surface area contributed by atoms with E-state index in [1.54, 1.807) is 0 Å². The van der Waals surface area contributed by atoms with Crippen molar-refractivity contribution in [3.63, 3.8) is 0 Å². The van der Waals surface area contributed by atoms with E-state index in [2.05, 4.69) is 26.0 Å². The Morgan fingerprint density at radius 3 is 2.53 bits per heavy atom.